The van der Waals surface area contributed by atoms with Crippen LogP contribution in [0.2, 0.25) is 0 Å². The summed E-state index contributed by atoms with van der Waals surface area (Å²) in [4.78, 5) is 14.3. The second kappa shape index (κ2) is 4.82. The van der Waals surface area contributed by atoms with Gasteiger partial charge >= 0.3 is 5.97 Å². The Morgan fingerprint density at radius 2 is 2.25 bits per heavy atom. The zero-order chi connectivity index (χ0) is 12.3. The second-order valence-corrected chi connectivity index (χ2v) is 2.82. The molecule has 1 rings (SSSR count). The zero-order valence-electron chi connectivity index (χ0n) is 8.34. The van der Waals surface area contributed by atoms with Gasteiger partial charge < -0.3 is 10.5 Å². The molecule has 1 heterocycles. The van der Waals surface area contributed by atoms with Crippen LogP contribution in [-0.2, 0) is 4.74 Å². The third kappa shape index (κ3) is 2.41. The van der Waals surface area contributed by atoms with Crippen molar-refractivity contribution >= 4 is 11.7 Å². The molecule has 0 bridgehead atoms. The first-order valence-electron chi connectivity index (χ1n) is 4.38. The van der Waals surface area contributed by atoms with E-state index in [1.165, 1.54) is 6.92 Å². The van der Waals surface area contributed by atoms with Crippen molar-refractivity contribution in [2.75, 3.05) is 12.3 Å². The number of nitrogens with zero attached hydrogens (tertiary/aromatic N) is 1. The van der Waals surface area contributed by atoms with Gasteiger partial charge in [-0.05, 0) is 13.0 Å². The number of carbonyl (C=O) groups is 1. The summed E-state index contributed by atoms with van der Waals surface area (Å²) < 4.78 is 42.4. The van der Waals surface area contributed by atoms with Crippen molar-refractivity contribution < 1.29 is 22.7 Å². The van der Waals surface area contributed by atoms with Crippen LogP contribution in [-0.4, -0.2) is 17.6 Å². The molecule has 0 amide bonds. The molecule has 1 aromatic rings. The van der Waals surface area contributed by atoms with E-state index in [0.717, 1.165) is 0 Å². The van der Waals surface area contributed by atoms with E-state index in [2.05, 4.69) is 9.72 Å². The van der Waals surface area contributed by atoms with Gasteiger partial charge in [0.05, 0.1) is 12.3 Å². The average Bonchev–Trinajstić information content (AvgIpc) is 2.21. The van der Waals surface area contributed by atoms with Crippen LogP contribution in [0.4, 0.5) is 18.9 Å². The summed E-state index contributed by atoms with van der Waals surface area (Å²) in [6, 6.07) is 0.683. The molecule has 4 nitrogen and oxygen atoms in total. The minimum atomic E-state index is -2.93. The van der Waals surface area contributed by atoms with E-state index >= 15 is 0 Å². The summed E-state index contributed by atoms with van der Waals surface area (Å²) in [6.07, 6.45) is -2.93. The van der Waals surface area contributed by atoms with Crippen molar-refractivity contribution in [1.29, 1.82) is 0 Å². The van der Waals surface area contributed by atoms with Crippen LogP contribution in [0.3, 0.4) is 0 Å². The Kier molecular flexibility index (Phi) is 3.70. The first kappa shape index (κ1) is 12.3. The van der Waals surface area contributed by atoms with Gasteiger partial charge in [0.25, 0.3) is 6.43 Å². The maximum absolute atomic E-state index is 13.3. The monoisotopic (exact) mass is 234 g/mol. The zero-order valence-corrected chi connectivity index (χ0v) is 8.34. The molecule has 0 aromatic carbocycles. The highest BCUT2D eigenvalue weighted by Crippen LogP contribution is 2.22. The van der Waals surface area contributed by atoms with E-state index in [-0.39, 0.29) is 6.61 Å². The predicted octanol–water partition coefficient (Wildman–Crippen LogP) is 1.92. The van der Waals surface area contributed by atoms with E-state index < -0.39 is 35.3 Å². The molecule has 0 unspecified atom stereocenters. The fourth-order valence-corrected chi connectivity index (χ4v) is 1.02. The highest BCUT2D eigenvalue weighted by Gasteiger charge is 2.21. The molecular weight excluding hydrogens is 225 g/mol. The number of pyridine rings is 1. The van der Waals surface area contributed by atoms with E-state index in [0.29, 0.717) is 6.07 Å². The number of hydrogen-bond donors (Lipinski definition) is 1. The van der Waals surface area contributed by atoms with Crippen LogP contribution in [0.15, 0.2) is 6.07 Å². The van der Waals surface area contributed by atoms with Gasteiger partial charge in [0.15, 0.2) is 11.5 Å². The maximum Gasteiger partial charge on any atom is 0.360 e. The van der Waals surface area contributed by atoms with E-state index in [4.69, 9.17) is 5.73 Å². The fraction of sp³-hybridized carbons (Fsp3) is 0.333. The number of anilines is 1. The Hall–Kier alpha value is -1.79. The summed E-state index contributed by atoms with van der Waals surface area (Å²) in [5.41, 5.74) is 2.99. The van der Waals surface area contributed by atoms with Crippen LogP contribution in [0, 0.1) is 5.82 Å². The fourth-order valence-electron chi connectivity index (χ4n) is 1.02. The quantitative estimate of drug-likeness (QED) is 0.811. The molecule has 0 aliphatic rings. The lowest BCUT2D eigenvalue weighted by molar-refractivity contribution is 0.0512. The summed E-state index contributed by atoms with van der Waals surface area (Å²) >= 11 is 0. The van der Waals surface area contributed by atoms with Crippen molar-refractivity contribution in [3.8, 4) is 0 Å². The van der Waals surface area contributed by atoms with E-state index in [1.54, 1.807) is 0 Å². The van der Waals surface area contributed by atoms with Crippen molar-refractivity contribution in [2.24, 2.45) is 0 Å². The summed E-state index contributed by atoms with van der Waals surface area (Å²) in [5.74, 6) is -2.27. The number of hydrogen-bond acceptors (Lipinski definition) is 4. The first-order valence-corrected chi connectivity index (χ1v) is 4.38. The van der Waals surface area contributed by atoms with E-state index in [9.17, 15) is 18.0 Å². The maximum atomic E-state index is 13.3. The Morgan fingerprint density at radius 1 is 1.62 bits per heavy atom. The van der Waals surface area contributed by atoms with Crippen LogP contribution in [0.25, 0.3) is 0 Å². The Labute approximate surface area is 89.2 Å². The lowest BCUT2D eigenvalue weighted by atomic mass is 10.2. The Bertz CT molecular complexity index is 410. The highest BCUT2D eigenvalue weighted by molar-refractivity contribution is 5.88. The summed E-state index contributed by atoms with van der Waals surface area (Å²) in [7, 11) is 0. The third-order valence-corrected chi connectivity index (χ3v) is 1.70. The second-order valence-electron chi connectivity index (χ2n) is 2.82. The Morgan fingerprint density at radius 3 is 2.75 bits per heavy atom. The molecule has 2 N–H and O–H groups in total. The van der Waals surface area contributed by atoms with Gasteiger partial charge in [0.2, 0.25) is 0 Å². The molecule has 0 aliphatic heterocycles. The van der Waals surface area contributed by atoms with Crippen LogP contribution in [0.5, 0.6) is 0 Å². The van der Waals surface area contributed by atoms with Gasteiger partial charge in [0, 0.05) is 0 Å². The number of nitrogens with two attached hydrogens (primary N) is 1. The normalized spacial score (nSPS) is 10.6. The molecule has 0 saturated heterocycles. The molecule has 0 atom stereocenters. The molecule has 0 fully saturated rings. The number of alkyl halides is 2. The minimum absolute atomic E-state index is 0.0151. The molecule has 0 aliphatic carbocycles. The van der Waals surface area contributed by atoms with Gasteiger partial charge in [-0.2, -0.15) is 0 Å². The molecule has 1 aromatic heterocycles. The topological polar surface area (TPSA) is 65.2 Å². The van der Waals surface area contributed by atoms with Crippen molar-refractivity contribution in [3.05, 3.63) is 23.3 Å². The lowest BCUT2D eigenvalue weighted by Crippen LogP contribution is -2.13. The number of aromatic nitrogens is 1. The van der Waals surface area contributed by atoms with Crippen molar-refractivity contribution in [1.82, 2.24) is 4.98 Å². The minimum Gasteiger partial charge on any atom is -0.461 e. The van der Waals surface area contributed by atoms with Crippen molar-refractivity contribution in [2.45, 2.75) is 13.3 Å². The highest BCUT2D eigenvalue weighted by atomic mass is 19.3. The van der Waals surface area contributed by atoms with E-state index in [1.807, 2.05) is 0 Å². The molecule has 7 heteroatoms. The van der Waals surface area contributed by atoms with Crippen molar-refractivity contribution in [3.63, 3.8) is 0 Å². The Balaban J connectivity index is 3.21. The molecular formula is C9H9F3N2O2. The largest absolute Gasteiger partial charge is 0.461 e. The van der Waals surface area contributed by atoms with Crippen LogP contribution in [0.1, 0.15) is 29.5 Å². The summed E-state index contributed by atoms with van der Waals surface area (Å²) in [5, 5.41) is 0. The number of ether oxygens (including phenoxy) is 1. The number of nitrogen functional groups attached to an aromatic ring is 1. The van der Waals surface area contributed by atoms with Gasteiger partial charge in [-0.3, -0.25) is 0 Å². The van der Waals surface area contributed by atoms with Gasteiger partial charge in [0.1, 0.15) is 5.69 Å². The van der Waals surface area contributed by atoms with Gasteiger partial charge in [-0.1, -0.05) is 0 Å². The molecule has 0 saturated carbocycles. The third-order valence-electron chi connectivity index (χ3n) is 1.70. The summed E-state index contributed by atoms with van der Waals surface area (Å²) in [6.45, 7) is 1.48. The van der Waals surface area contributed by atoms with Gasteiger partial charge in [-0.25, -0.2) is 22.9 Å². The molecule has 16 heavy (non-hydrogen) atoms. The van der Waals surface area contributed by atoms with Gasteiger partial charge in [-0.15, -0.1) is 0 Å². The molecule has 0 spiro atoms. The predicted molar refractivity (Wildman–Crippen MR) is 49.5 cm³/mol. The number of carbonyl (C=O) groups excluding carboxylic acids is 1. The van der Waals surface area contributed by atoms with Crippen LogP contribution >= 0.6 is 0 Å². The number of halogens is 3. The number of rotatable bonds is 3. The lowest BCUT2D eigenvalue weighted by Gasteiger charge is -2.07. The smallest absolute Gasteiger partial charge is 0.360 e. The average molecular weight is 234 g/mol. The SMILES string of the molecule is CCOC(=O)c1nc(C(F)F)cc(N)c1F. The van der Waals surface area contributed by atoms with Crippen LogP contribution < -0.4 is 5.73 Å². The molecule has 88 valence electrons. The number of esters is 1. The molecule has 0 radical (unpaired) electrons. The standard InChI is InChI=1S/C9H9F3N2O2/c1-2-16-9(15)7-6(10)4(13)3-5(14-7)8(11)12/h3,8H,2H2,1H3,(H2,13,14). The first-order chi connectivity index (χ1) is 7.47.